The second-order valence-electron chi connectivity index (χ2n) is 5.93. The number of hydrogen-bond acceptors (Lipinski definition) is 5. The van der Waals surface area contributed by atoms with Gasteiger partial charge in [0.25, 0.3) is 0 Å². The molecule has 3 aromatic rings. The number of methoxy groups -OCH3 is 1. The number of halogens is 3. The van der Waals surface area contributed by atoms with Gasteiger partial charge in [-0.3, -0.25) is 4.98 Å². The largest absolute Gasteiger partial charge is 0.497 e. The summed E-state index contributed by atoms with van der Waals surface area (Å²) in [7, 11) is -2.49. The number of nitrogens with zero attached hydrogens (tertiary/aromatic N) is 1. The number of ether oxygens (including phenoxy) is 2. The topological polar surface area (TPSA) is 91.5 Å². The Balaban J connectivity index is 2.06. The van der Waals surface area contributed by atoms with Crippen molar-refractivity contribution in [2.45, 2.75) is 11.9 Å². The molecule has 0 aliphatic rings. The van der Waals surface area contributed by atoms with Crippen molar-refractivity contribution in [1.82, 2.24) is 4.98 Å². The fraction of sp³-hybridized carbons (Fsp3) is 0.167. The summed E-state index contributed by atoms with van der Waals surface area (Å²) in [5.41, 5.74) is -0.713. The lowest BCUT2D eigenvalue weighted by atomic mass is 10.1. The molecule has 28 heavy (non-hydrogen) atoms. The highest BCUT2D eigenvalue weighted by Crippen LogP contribution is 2.40. The summed E-state index contributed by atoms with van der Waals surface area (Å²) >= 11 is 0. The second kappa shape index (κ2) is 7.28. The number of primary sulfonamides is 1. The molecule has 3 rings (SSSR count). The summed E-state index contributed by atoms with van der Waals surface area (Å²) in [5.74, 6) is -0.472. The van der Waals surface area contributed by atoms with Gasteiger partial charge in [0.05, 0.1) is 23.9 Å². The van der Waals surface area contributed by atoms with Crippen LogP contribution in [-0.4, -0.2) is 20.5 Å². The van der Waals surface area contributed by atoms with Crippen molar-refractivity contribution in [3.8, 4) is 17.2 Å². The van der Waals surface area contributed by atoms with Crippen molar-refractivity contribution in [1.29, 1.82) is 0 Å². The molecule has 0 fully saturated rings. The molecule has 0 saturated heterocycles. The fourth-order valence-electron chi connectivity index (χ4n) is 2.65. The number of sulfonamides is 1. The van der Waals surface area contributed by atoms with Gasteiger partial charge in [-0.25, -0.2) is 13.6 Å². The molecule has 0 aliphatic heterocycles. The first kappa shape index (κ1) is 19.9. The number of aromatic nitrogens is 1. The molecule has 0 saturated carbocycles. The van der Waals surface area contributed by atoms with E-state index in [-0.39, 0.29) is 11.3 Å². The van der Waals surface area contributed by atoms with Crippen LogP contribution in [0.25, 0.3) is 10.9 Å². The van der Waals surface area contributed by atoms with Gasteiger partial charge in [-0.05, 0) is 35.9 Å². The fourth-order valence-corrected chi connectivity index (χ4v) is 3.29. The number of rotatable bonds is 5. The first-order valence-electron chi connectivity index (χ1n) is 7.88. The molecule has 10 heteroatoms. The van der Waals surface area contributed by atoms with Crippen molar-refractivity contribution in [3.63, 3.8) is 0 Å². The van der Waals surface area contributed by atoms with Gasteiger partial charge in [0.2, 0.25) is 10.0 Å². The lowest BCUT2D eigenvalue weighted by Crippen LogP contribution is -2.15. The maximum atomic E-state index is 13.5. The highest BCUT2D eigenvalue weighted by Gasteiger charge is 2.35. The molecule has 2 aromatic carbocycles. The van der Waals surface area contributed by atoms with Gasteiger partial charge < -0.3 is 9.47 Å². The van der Waals surface area contributed by atoms with Gasteiger partial charge in [0.1, 0.15) is 17.2 Å². The van der Waals surface area contributed by atoms with Crippen LogP contribution >= 0.6 is 0 Å². The summed E-state index contributed by atoms with van der Waals surface area (Å²) in [4.78, 5) is 4.15. The third kappa shape index (κ3) is 4.52. The Labute approximate surface area is 158 Å². The summed E-state index contributed by atoms with van der Waals surface area (Å²) < 4.78 is 73.5. The van der Waals surface area contributed by atoms with E-state index in [1.54, 1.807) is 18.2 Å². The molecule has 1 aromatic heterocycles. The predicted molar refractivity (Wildman–Crippen MR) is 96.6 cm³/mol. The minimum Gasteiger partial charge on any atom is -0.497 e. The SMILES string of the molecule is COc1ccc2c(Oc3ccc(CS(N)(=O)=O)cc3C(F)(F)F)ccnc2c1. The van der Waals surface area contributed by atoms with Crippen LogP contribution in [0.1, 0.15) is 11.1 Å². The Hall–Kier alpha value is -2.85. The summed E-state index contributed by atoms with van der Waals surface area (Å²) in [6.07, 6.45) is -3.35. The summed E-state index contributed by atoms with van der Waals surface area (Å²) in [6.45, 7) is 0. The van der Waals surface area contributed by atoms with E-state index in [2.05, 4.69) is 4.98 Å². The number of nitrogens with two attached hydrogens (primary N) is 1. The van der Waals surface area contributed by atoms with Crippen LogP contribution in [0.2, 0.25) is 0 Å². The van der Waals surface area contributed by atoms with Crippen LogP contribution in [-0.2, 0) is 22.0 Å². The molecule has 148 valence electrons. The van der Waals surface area contributed by atoms with Crippen LogP contribution in [0.15, 0.2) is 48.7 Å². The first-order valence-corrected chi connectivity index (χ1v) is 9.59. The van der Waals surface area contributed by atoms with E-state index in [4.69, 9.17) is 14.6 Å². The van der Waals surface area contributed by atoms with Crippen LogP contribution in [0, 0.1) is 0 Å². The third-order valence-electron chi connectivity index (χ3n) is 3.85. The van der Waals surface area contributed by atoms with Crippen LogP contribution in [0.5, 0.6) is 17.2 Å². The average molecular weight is 412 g/mol. The summed E-state index contributed by atoms with van der Waals surface area (Å²) in [5, 5.41) is 5.41. The number of hydrogen-bond donors (Lipinski definition) is 1. The standard InChI is InChI=1S/C18H15F3N2O4S/c1-26-12-3-4-13-15(9-12)23-7-6-16(13)27-17-5-2-11(10-28(22,24)25)8-14(17)18(19,20)21/h2-9H,10H2,1H3,(H2,22,24,25). The molecular formula is C18H15F3N2O4S. The van der Waals surface area contributed by atoms with Gasteiger partial charge in [0.15, 0.2) is 0 Å². The van der Waals surface area contributed by atoms with Gasteiger partial charge in [-0.1, -0.05) is 6.07 Å². The third-order valence-corrected chi connectivity index (χ3v) is 4.58. The molecule has 0 spiro atoms. The molecule has 1 heterocycles. The van der Waals surface area contributed by atoms with Gasteiger partial charge in [-0.2, -0.15) is 13.2 Å². The molecule has 0 atom stereocenters. The molecule has 0 unspecified atom stereocenters. The Morgan fingerprint density at radius 2 is 1.82 bits per heavy atom. The molecule has 0 aliphatic carbocycles. The van der Waals surface area contributed by atoms with Gasteiger partial charge in [-0.15, -0.1) is 0 Å². The highest BCUT2D eigenvalue weighted by atomic mass is 32.2. The van der Waals surface area contributed by atoms with E-state index in [1.807, 2.05) is 0 Å². The number of pyridine rings is 1. The zero-order valence-corrected chi connectivity index (χ0v) is 15.3. The van der Waals surface area contributed by atoms with Crippen molar-refractivity contribution in [2.24, 2.45) is 5.14 Å². The quantitative estimate of drug-likeness (QED) is 0.688. The Morgan fingerprint density at radius 1 is 1.07 bits per heavy atom. The van der Waals surface area contributed by atoms with Crippen molar-refractivity contribution in [2.75, 3.05) is 7.11 Å². The number of alkyl halides is 3. The van der Waals surface area contributed by atoms with E-state index in [1.165, 1.54) is 25.4 Å². The molecule has 2 N–H and O–H groups in total. The molecule has 0 bridgehead atoms. The van der Waals surface area contributed by atoms with Crippen molar-refractivity contribution in [3.05, 3.63) is 59.8 Å². The predicted octanol–water partition coefficient (Wildman–Crippen LogP) is 3.84. The minimum atomic E-state index is -4.75. The second-order valence-corrected chi connectivity index (χ2v) is 7.54. The van der Waals surface area contributed by atoms with Crippen LogP contribution in [0.4, 0.5) is 13.2 Å². The van der Waals surface area contributed by atoms with Crippen molar-refractivity contribution >= 4 is 20.9 Å². The number of benzene rings is 2. The first-order chi connectivity index (χ1) is 13.1. The smallest absolute Gasteiger partial charge is 0.419 e. The van der Waals surface area contributed by atoms with Crippen LogP contribution < -0.4 is 14.6 Å². The zero-order chi connectivity index (χ0) is 20.5. The maximum absolute atomic E-state index is 13.5. The minimum absolute atomic E-state index is 0.0912. The van der Waals surface area contributed by atoms with Crippen molar-refractivity contribution < 1.29 is 31.1 Å². The lowest BCUT2D eigenvalue weighted by Gasteiger charge is -2.16. The van der Waals surface area contributed by atoms with E-state index in [0.717, 1.165) is 6.07 Å². The monoisotopic (exact) mass is 412 g/mol. The van der Waals surface area contributed by atoms with E-state index >= 15 is 0 Å². The normalized spacial score (nSPS) is 12.2. The molecule has 6 nitrogen and oxygen atoms in total. The molecular weight excluding hydrogens is 397 g/mol. The van der Waals surface area contributed by atoms with E-state index in [9.17, 15) is 21.6 Å². The number of fused-ring (bicyclic) bond motifs is 1. The average Bonchev–Trinajstić information content (AvgIpc) is 2.60. The van der Waals surface area contributed by atoms with E-state index in [0.29, 0.717) is 22.7 Å². The zero-order valence-electron chi connectivity index (χ0n) is 14.5. The Bertz CT molecular complexity index is 1130. The summed E-state index contributed by atoms with van der Waals surface area (Å²) in [6, 6.07) is 9.33. The lowest BCUT2D eigenvalue weighted by molar-refractivity contribution is -0.138. The Morgan fingerprint density at radius 3 is 2.46 bits per heavy atom. The Kier molecular flexibility index (Phi) is 5.18. The molecule has 0 amide bonds. The van der Waals surface area contributed by atoms with E-state index < -0.39 is 33.3 Å². The van der Waals surface area contributed by atoms with Crippen LogP contribution in [0.3, 0.4) is 0 Å². The van der Waals surface area contributed by atoms with Gasteiger partial charge >= 0.3 is 6.18 Å². The maximum Gasteiger partial charge on any atom is 0.419 e. The van der Waals surface area contributed by atoms with Gasteiger partial charge in [0, 0.05) is 17.6 Å². The molecule has 0 radical (unpaired) electrons. The highest BCUT2D eigenvalue weighted by molar-refractivity contribution is 7.88.